The van der Waals surface area contributed by atoms with E-state index in [-0.39, 0.29) is 6.54 Å². The van der Waals surface area contributed by atoms with Crippen molar-refractivity contribution in [3.05, 3.63) is 70.4 Å². The summed E-state index contributed by atoms with van der Waals surface area (Å²) in [7, 11) is -4.46. The topological polar surface area (TPSA) is 160 Å². The summed E-state index contributed by atoms with van der Waals surface area (Å²) in [6, 6.07) is 11.2. The van der Waals surface area contributed by atoms with Crippen LogP contribution in [0.15, 0.2) is 59.6 Å². The Kier molecular flexibility index (Phi) is 6.67. The van der Waals surface area contributed by atoms with E-state index in [4.69, 9.17) is 0 Å². The molecule has 0 aliphatic carbocycles. The number of nitrogens with zero attached hydrogens (tertiary/aromatic N) is 3. The normalized spacial score (nSPS) is 12.7. The number of carboxylic acids is 1. The molecule has 11 nitrogen and oxygen atoms in total. The standard InChI is InChI=1S/C20H19N3O8S/c24-13-14-9-21(19-7-2-1-6-18(14)19)10-16(25)11-22(12-20(26)27)32(30,31)17-5-3-4-15(8-17)23(28)29/h1-9,13,16,25H,10-12H2,(H,26,27). The van der Waals surface area contributed by atoms with Gasteiger partial charge in [0.15, 0.2) is 6.29 Å². The third-order valence-corrected chi connectivity index (χ3v) is 6.55. The molecule has 2 aromatic carbocycles. The Bertz CT molecular complexity index is 1280. The third-order valence-electron chi connectivity index (χ3n) is 4.75. The smallest absolute Gasteiger partial charge is 0.318 e. The van der Waals surface area contributed by atoms with E-state index in [9.17, 15) is 38.3 Å². The van der Waals surface area contributed by atoms with Crippen LogP contribution in [0.4, 0.5) is 5.69 Å². The quantitative estimate of drug-likeness (QED) is 0.261. The van der Waals surface area contributed by atoms with Crippen molar-refractivity contribution in [3.63, 3.8) is 0 Å². The lowest BCUT2D eigenvalue weighted by atomic mass is 10.2. The van der Waals surface area contributed by atoms with E-state index in [1.165, 1.54) is 12.3 Å². The molecule has 0 spiro atoms. The number of hydrogen-bond acceptors (Lipinski definition) is 7. The van der Waals surface area contributed by atoms with Gasteiger partial charge in [-0.1, -0.05) is 24.3 Å². The van der Waals surface area contributed by atoms with Gasteiger partial charge in [0, 0.05) is 47.9 Å². The van der Waals surface area contributed by atoms with E-state index in [0.29, 0.717) is 27.1 Å². The van der Waals surface area contributed by atoms with Gasteiger partial charge < -0.3 is 14.8 Å². The van der Waals surface area contributed by atoms with E-state index in [0.717, 1.165) is 18.2 Å². The molecule has 0 aliphatic heterocycles. The maximum Gasteiger partial charge on any atom is 0.318 e. The van der Waals surface area contributed by atoms with Gasteiger partial charge in [-0.05, 0) is 12.1 Å². The first kappa shape index (κ1) is 23.1. The molecule has 0 saturated heterocycles. The first-order chi connectivity index (χ1) is 15.1. The van der Waals surface area contributed by atoms with Crippen LogP contribution in [0.5, 0.6) is 0 Å². The zero-order chi connectivity index (χ0) is 23.5. The Balaban J connectivity index is 1.89. The number of fused-ring (bicyclic) bond motifs is 1. The molecule has 0 fully saturated rings. The molecule has 1 atom stereocenters. The number of carbonyl (C=O) groups is 2. The summed E-state index contributed by atoms with van der Waals surface area (Å²) in [5.74, 6) is -1.46. The number of nitro benzene ring substituents is 1. The predicted octanol–water partition coefficient (Wildman–Crippen LogP) is 1.50. The van der Waals surface area contributed by atoms with Crippen LogP contribution in [0.3, 0.4) is 0 Å². The van der Waals surface area contributed by atoms with Gasteiger partial charge in [0.25, 0.3) is 5.69 Å². The Morgan fingerprint density at radius 3 is 2.59 bits per heavy atom. The summed E-state index contributed by atoms with van der Waals surface area (Å²) in [6.07, 6.45) is 0.838. The zero-order valence-corrected chi connectivity index (χ0v) is 17.4. The van der Waals surface area contributed by atoms with Crippen molar-refractivity contribution < 1.29 is 33.1 Å². The van der Waals surface area contributed by atoms with Crippen molar-refractivity contribution in [2.75, 3.05) is 13.1 Å². The number of sulfonamides is 1. The Labute approximate surface area is 182 Å². The monoisotopic (exact) mass is 461 g/mol. The molecule has 1 unspecified atom stereocenters. The van der Waals surface area contributed by atoms with Crippen LogP contribution in [0.2, 0.25) is 0 Å². The Hall–Kier alpha value is -3.61. The Morgan fingerprint density at radius 2 is 1.94 bits per heavy atom. The molecule has 0 bridgehead atoms. The molecular weight excluding hydrogens is 442 g/mol. The summed E-state index contributed by atoms with van der Waals surface area (Å²) >= 11 is 0. The van der Waals surface area contributed by atoms with Crippen LogP contribution in [0.1, 0.15) is 10.4 Å². The predicted molar refractivity (Wildman–Crippen MR) is 113 cm³/mol. The third kappa shape index (κ3) is 4.82. The fraction of sp³-hybridized carbons (Fsp3) is 0.200. The fourth-order valence-electron chi connectivity index (χ4n) is 3.35. The van der Waals surface area contributed by atoms with Crippen LogP contribution >= 0.6 is 0 Å². The van der Waals surface area contributed by atoms with E-state index < -0.39 is 50.7 Å². The van der Waals surface area contributed by atoms with Crippen LogP contribution in [-0.4, -0.2) is 63.9 Å². The zero-order valence-electron chi connectivity index (χ0n) is 16.6. The minimum atomic E-state index is -4.46. The number of aliphatic hydroxyl groups excluding tert-OH is 1. The van der Waals surface area contributed by atoms with Crippen molar-refractivity contribution >= 4 is 38.9 Å². The fourth-order valence-corrected chi connectivity index (χ4v) is 4.81. The first-order valence-corrected chi connectivity index (χ1v) is 10.7. The molecule has 1 heterocycles. The number of para-hydroxylation sites is 1. The van der Waals surface area contributed by atoms with Crippen LogP contribution < -0.4 is 0 Å². The number of nitro groups is 1. The molecule has 3 rings (SSSR count). The van der Waals surface area contributed by atoms with Crippen molar-refractivity contribution in [3.8, 4) is 0 Å². The van der Waals surface area contributed by atoms with Gasteiger partial charge in [0.2, 0.25) is 10.0 Å². The second kappa shape index (κ2) is 9.26. The van der Waals surface area contributed by atoms with Crippen LogP contribution in [-0.2, 0) is 21.4 Å². The number of aldehydes is 1. The molecule has 168 valence electrons. The molecule has 32 heavy (non-hydrogen) atoms. The lowest BCUT2D eigenvalue weighted by Gasteiger charge is -2.23. The summed E-state index contributed by atoms with van der Waals surface area (Å²) in [5, 5.41) is 31.4. The van der Waals surface area contributed by atoms with Gasteiger partial charge in [-0.3, -0.25) is 19.7 Å². The number of non-ortho nitro benzene ring substituents is 1. The highest BCUT2D eigenvalue weighted by atomic mass is 32.2. The number of carboxylic acid groups (broad SMARTS) is 1. The molecule has 1 aromatic heterocycles. The van der Waals surface area contributed by atoms with Crippen molar-refractivity contribution in [1.82, 2.24) is 8.87 Å². The van der Waals surface area contributed by atoms with Gasteiger partial charge in [0.05, 0.1) is 15.9 Å². The second-order valence-corrected chi connectivity index (χ2v) is 8.91. The van der Waals surface area contributed by atoms with Gasteiger partial charge in [-0.15, -0.1) is 0 Å². The van der Waals surface area contributed by atoms with Crippen LogP contribution in [0, 0.1) is 10.1 Å². The SMILES string of the molecule is O=Cc1cn(CC(O)CN(CC(=O)O)S(=O)(=O)c2cccc([N+](=O)[O-])c2)c2ccccc12. The minimum Gasteiger partial charge on any atom is -0.480 e. The molecule has 0 saturated carbocycles. The first-order valence-electron chi connectivity index (χ1n) is 9.31. The highest BCUT2D eigenvalue weighted by molar-refractivity contribution is 7.89. The Morgan fingerprint density at radius 1 is 1.22 bits per heavy atom. The average Bonchev–Trinajstić information content (AvgIpc) is 3.10. The molecule has 3 aromatic rings. The maximum atomic E-state index is 13.0. The number of hydrogen-bond donors (Lipinski definition) is 2. The van der Waals surface area contributed by atoms with Gasteiger partial charge in [-0.25, -0.2) is 8.42 Å². The largest absolute Gasteiger partial charge is 0.480 e. The average molecular weight is 461 g/mol. The van der Waals surface area contributed by atoms with E-state index >= 15 is 0 Å². The molecule has 2 N–H and O–H groups in total. The number of rotatable bonds is 10. The summed E-state index contributed by atoms with van der Waals surface area (Å²) in [4.78, 5) is 32.3. The van der Waals surface area contributed by atoms with E-state index in [2.05, 4.69) is 0 Å². The maximum absolute atomic E-state index is 13.0. The summed E-state index contributed by atoms with van der Waals surface area (Å²) in [6.45, 7) is -1.65. The number of aliphatic hydroxyl groups is 1. The van der Waals surface area contributed by atoms with Crippen molar-refractivity contribution in [2.24, 2.45) is 0 Å². The van der Waals surface area contributed by atoms with Gasteiger partial charge in [0.1, 0.15) is 6.54 Å². The molecular formula is C20H19N3O8S. The molecule has 0 amide bonds. The van der Waals surface area contributed by atoms with Gasteiger partial charge in [-0.2, -0.15) is 4.31 Å². The summed E-state index contributed by atoms with van der Waals surface area (Å²) in [5.41, 5.74) is 0.557. The van der Waals surface area contributed by atoms with E-state index in [1.54, 1.807) is 28.8 Å². The lowest BCUT2D eigenvalue weighted by molar-refractivity contribution is -0.385. The number of carbonyl (C=O) groups excluding carboxylic acids is 1. The highest BCUT2D eigenvalue weighted by Gasteiger charge is 2.30. The minimum absolute atomic E-state index is 0.116. The number of aliphatic carboxylic acids is 1. The number of aromatic nitrogens is 1. The second-order valence-electron chi connectivity index (χ2n) is 6.97. The van der Waals surface area contributed by atoms with Crippen LogP contribution in [0.25, 0.3) is 10.9 Å². The highest BCUT2D eigenvalue weighted by Crippen LogP contribution is 2.23. The molecule has 12 heteroatoms. The van der Waals surface area contributed by atoms with Crippen molar-refractivity contribution in [1.29, 1.82) is 0 Å². The van der Waals surface area contributed by atoms with E-state index in [1.807, 2.05) is 0 Å². The van der Waals surface area contributed by atoms with Gasteiger partial charge >= 0.3 is 5.97 Å². The van der Waals surface area contributed by atoms with Crippen molar-refractivity contribution in [2.45, 2.75) is 17.5 Å². The molecule has 0 aliphatic rings. The lowest BCUT2D eigenvalue weighted by Crippen LogP contribution is -2.41. The summed E-state index contributed by atoms with van der Waals surface area (Å²) < 4.78 is 28.1. The number of benzene rings is 2. The molecule has 0 radical (unpaired) electrons.